The number of hydrogen-bond acceptors (Lipinski definition) is 8. The normalized spacial score (nSPS) is 12.3. The highest BCUT2D eigenvalue weighted by molar-refractivity contribution is 7.92. The van der Waals surface area contributed by atoms with E-state index in [2.05, 4.69) is 15.6 Å². The second-order valence-electron chi connectivity index (χ2n) is 5.99. The van der Waals surface area contributed by atoms with Crippen LogP contribution in [-0.4, -0.2) is 50.0 Å². The number of ether oxygens (including phenoxy) is 1. The Morgan fingerprint density at radius 3 is 2.47 bits per heavy atom. The first-order chi connectivity index (χ1) is 14.0. The van der Waals surface area contributed by atoms with Gasteiger partial charge in [0.2, 0.25) is 0 Å². The molecule has 4 amide bonds. The number of methoxy groups -OCH3 is 1. The highest BCUT2D eigenvalue weighted by Crippen LogP contribution is 2.26. The molecule has 0 saturated carbocycles. The molecule has 2 heterocycles. The van der Waals surface area contributed by atoms with Gasteiger partial charge >= 0.3 is 12.1 Å². The van der Waals surface area contributed by atoms with Gasteiger partial charge < -0.3 is 15.0 Å². The number of nitrogens with one attached hydrogen (secondary N) is 3. The number of thiophene rings is 1. The van der Waals surface area contributed by atoms with Crippen molar-refractivity contribution in [1.29, 1.82) is 0 Å². The van der Waals surface area contributed by atoms with E-state index in [9.17, 15) is 22.6 Å². The van der Waals surface area contributed by atoms with E-state index in [0.29, 0.717) is 13.0 Å². The molecule has 0 aromatic carbocycles. The van der Waals surface area contributed by atoms with Crippen LogP contribution in [0.1, 0.15) is 10.4 Å². The molecular weight excluding hydrogens is 454 g/mol. The van der Waals surface area contributed by atoms with Gasteiger partial charge in [-0.3, -0.25) is 10.6 Å². The van der Waals surface area contributed by atoms with Crippen LogP contribution in [-0.2, 0) is 32.4 Å². The number of carbonyl (C=O) groups excluding carboxylic acids is 2. The topological polar surface area (TPSA) is 176 Å². The molecule has 0 radical (unpaired) electrons. The molecule has 11 nitrogen and oxygen atoms in total. The van der Waals surface area contributed by atoms with Gasteiger partial charge in [0.1, 0.15) is 22.1 Å². The summed E-state index contributed by atoms with van der Waals surface area (Å²) in [4.78, 5) is 28.3. The summed E-state index contributed by atoms with van der Waals surface area (Å²) >= 11 is -0.419. The summed E-state index contributed by atoms with van der Waals surface area (Å²) < 4.78 is 43.7. The van der Waals surface area contributed by atoms with Crippen LogP contribution in [0.5, 0.6) is 0 Å². The van der Waals surface area contributed by atoms with Crippen LogP contribution in [0, 0.1) is 6.92 Å². The van der Waals surface area contributed by atoms with Crippen molar-refractivity contribution in [2.24, 2.45) is 5.73 Å². The molecule has 0 saturated heterocycles. The number of rotatable bonds is 8. The number of nitrogens with zero attached hydrogens (tertiary/aromatic N) is 1. The van der Waals surface area contributed by atoms with Gasteiger partial charge in [0.25, 0.3) is 10.0 Å². The Labute approximate surface area is 180 Å². The van der Waals surface area contributed by atoms with E-state index < -0.39 is 33.3 Å². The minimum absolute atomic E-state index is 0.0197. The zero-order chi connectivity index (χ0) is 22.5. The van der Waals surface area contributed by atoms with Crippen molar-refractivity contribution in [3.05, 3.63) is 28.6 Å². The Morgan fingerprint density at radius 2 is 1.90 bits per heavy atom. The summed E-state index contributed by atoms with van der Waals surface area (Å²) in [6, 6.07) is 2.09. The third-order valence-electron chi connectivity index (χ3n) is 3.65. The summed E-state index contributed by atoms with van der Waals surface area (Å²) in [5.41, 5.74) is 5.82. The Kier molecular flexibility index (Phi) is 8.03. The number of aryl methyl sites for hydroxylation is 1. The molecule has 164 valence electrons. The number of hydrogen-bond donors (Lipinski definition) is 4. The van der Waals surface area contributed by atoms with Crippen molar-refractivity contribution in [2.75, 3.05) is 30.6 Å². The second kappa shape index (κ2) is 10.1. The maximum absolute atomic E-state index is 12.5. The van der Waals surface area contributed by atoms with E-state index in [1.165, 1.54) is 24.5 Å². The monoisotopic (exact) mass is 475 g/mol. The third-order valence-corrected chi connectivity index (χ3v) is 7.65. The maximum atomic E-state index is 12.5. The lowest BCUT2D eigenvalue weighted by molar-refractivity contribution is 0.203. The number of urea groups is 2. The Hall–Kier alpha value is -2.39. The molecule has 0 aliphatic carbocycles. The first-order valence-electron chi connectivity index (χ1n) is 8.36. The molecule has 0 aliphatic heterocycles. The number of nitrogens with two attached hydrogens (primary N) is 1. The van der Waals surface area contributed by atoms with Gasteiger partial charge in [-0.1, -0.05) is 0 Å². The molecule has 2 rings (SSSR count). The van der Waals surface area contributed by atoms with E-state index in [0.717, 1.165) is 21.8 Å². The molecule has 0 fully saturated rings. The number of carbonyl (C=O) groups is 2. The molecule has 5 N–H and O–H groups in total. The van der Waals surface area contributed by atoms with Crippen LogP contribution in [0.4, 0.5) is 21.2 Å². The van der Waals surface area contributed by atoms with Gasteiger partial charge in [0.05, 0.1) is 6.61 Å². The zero-order valence-electron chi connectivity index (χ0n) is 16.3. The largest absolute Gasteiger partial charge is 0.612 e. The maximum Gasteiger partial charge on any atom is 0.334 e. The number of anilines is 2. The highest BCUT2D eigenvalue weighted by atomic mass is 32.2. The molecule has 2 aromatic rings. The molecule has 1 unspecified atom stereocenters. The van der Waals surface area contributed by atoms with E-state index >= 15 is 0 Å². The second-order valence-corrected chi connectivity index (χ2v) is 10.4. The summed E-state index contributed by atoms with van der Waals surface area (Å²) in [6.07, 6.45) is 1.94. The lowest BCUT2D eigenvalue weighted by Gasteiger charge is -2.11. The molecule has 14 heteroatoms. The minimum atomic E-state index is -4.12. The highest BCUT2D eigenvalue weighted by Gasteiger charge is 2.22. The van der Waals surface area contributed by atoms with E-state index in [1.54, 1.807) is 14.0 Å². The molecule has 2 aromatic heterocycles. The number of pyridine rings is 1. The van der Waals surface area contributed by atoms with Gasteiger partial charge in [-0.05, 0) is 29.7 Å². The lowest BCUT2D eigenvalue weighted by atomic mass is 10.2. The fourth-order valence-corrected chi connectivity index (χ4v) is 5.34. The first kappa shape index (κ1) is 23.9. The van der Waals surface area contributed by atoms with Crippen LogP contribution < -0.4 is 21.1 Å². The summed E-state index contributed by atoms with van der Waals surface area (Å²) in [5, 5.41) is 4.46. The van der Waals surface area contributed by atoms with Crippen LogP contribution in [0.2, 0.25) is 0 Å². The Morgan fingerprint density at radius 1 is 1.27 bits per heavy atom. The Balaban J connectivity index is 2.18. The van der Waals surface area contributed by atoms with Crippen molar-refractivity contribution in [2.45, 2.75) is 22.4 Å². The van der Waals surface area contributed by atoms with Gasteiger partial charge in [-0.25, -0.2) is 27.7 Å². The molecule has 0 aliphatic rings. The van der Waals surface area contributed by atoms with Crippen molar-refractivity contribution in [3.63, 3.8) is 0 Å². The fraction of sp³-hybridized carbons (Fsp3) is 0.312. The molecule has 1 atom stereocenters. The van der Waals surface area contributed by atoms with Crippen molar-refractivity contribution < 1.29 is 27.3 Å². The molecule has 0 bridgehead atoms. The zero-order valence-corrected chi connectivity index (χ0v) is 18.8. The minimum Gasteiger partial charge on any atom is -0.612 e. The summed E-state index contributed by atoms with van der Waals surface area (Å²) in [5.74, 6) is -0.174. The SMILES string of the molecule is COCCc1sc(S(=O)(=O)NC(=O)Nc2cc([S+](C)[O-])cc(NC(N)=O)n2)cc1C. The van der Waals surface area contributed by atoms with Crippen LogP contribution in [0.3, 0.4) is 0 Å². The standard InChI is InChI=1S/C16H21N5O6S3/c1-9-6-14(28-11(9)4-5-27-2)30(25,26)21-16(23)20-13-8-10(29(3)24)7-12(18-13)19-15(17)22/h6-8H,4-5H2,1-3H3,(H5,17,18,19,20,21,22,23). The quantitative estimate of drug-likeness (QED) is 0.417. The number of aromatic nitrogens is 1. The fourth-order valence-electron chi connectivity index (χ4n) is 2.30. The van der Waals surface area contributed by atoms with Crippen LogP contribution in [0.15, 0.2) is 27.3 Å². The average Bonchev–Trinajstić information content (AvgIpc) is 3.00. The van der Waals surface area contributed by atoms with Crippen LogP contribution in [0.25, 0.3) is 0 Å². The predicted molar refractivity (Wildman–Crippen MR) is 114 cm³/mol. The van der Waals surface area contributed by atoms with Gasteiger partial charge in [-0.2, -0.15) is 0 Å². The smallest absolute Gasteiger partial charge is 0.334 e. The van der Waals surface area contributed by atoms with Gasteiger partial charge in [-0.15, -0.1) is 11.3 Å². The summed E-state index contributed by atoms with van der Waals surface area (Å²) in [6.45, 7) is 2.21. The van der Waals surface area contributed by atoms with Gasteiger partial charge in [0, 0.05) is 30.5 Å². The molecular formula is C16H21N5O6S3. The van der Waals surface area contributed by atoms with Gasteiger partial charge in [0.15, 0.2) is 4.90 Å². The van der Waals surface area contributed by atoms with E-state index in [-0.39, 0.29) is 20.7 Å². The van der Waals surface area contributed by atoms with Crippen molar-refractivity contribution in [1.82, 2.24) is 9.71 Å². The molecule has 0 spiro atoms. The average molecular weight is 476 g/mol. The first-order valence-corrected chi connectivity index (χ1v) is 12.2. The van der Waals surface area contributed by atoms with Crippen molar-refractivity contribution in [3.8, 4) is 0 Å². The van der Waals surface area contributed by atoms with E-state index in [4.69, 9.17) is 10.5 Å². The number of amides is 4. The van der Waals surface area contributed by atoms with E-state index in [1.807, 2.05) is 4.72 Å². The van der Waals surface area contributed by atoms with Crippen LogP contribution >= 0.6 is 11.3 Å². The van der Waals surface area contributed by atoms with Crippen molar-refractivity contribution >= 4 is 56.2 Å². The Bertz CT molecular complexity index is 1040. The predicted octanol–water partition coefficient (Wildman–Crippen LogP) is 1.38. The molecule has 30 heavy (non-hydrogen) atoms. The number of primary amides is 1. The summed E-state index contributed by atoms with van der Waals surface area (Å²) in [7, 11) is -2.57. The third kappa shape index (κ3) is 6.56. The number of sulfonamides is 1. The lowest BCUT2D eigenvalue weighted by Crippen LogP contribution is -2.34.